The van der Waals surface area contributed by atoms with E-state index in [2.05, 4.69) is 20.3 Å². The molecule has 2 aromatic heterocycles. The molecule has 2 heterocycles. The van der Waals surface area contributed by atoms with Crippen molar-refractivity contribution >= 4 is 33.5 Å². The van der Waals surface area contributed by atoms with E-state index < -0.39 is 6.10 Å². The molecule has 2 aromatic carbocycles. The first-order valence-electron chi connectivity index (χ1n) is 8.65. The van der Waals surface area contributed by atoms with E-state index in [-0.39, 0.29) is 18.1 Å². The predicted molar refractivity (Wildman–Crippen MR) is 102 cm³/mol. The number of imidazole rings is 1. The average Bonchev–Trinajstić information content (AvgIpc) is 3.18. The maximum absolute atomic E-state index is 13.9. The number of hydrogen-bond donors (Lipinski definition) is 4. The van der Waals surface area contributed by atoms with E-state index in [0.717, 1.165) is 16.8 Å². The van der Waals surface area contributed by atoms with Crippen molar-refractivity contribution in [3.05, 3.63) is 59.3 Å². The SMILES string of the molecule is Cc1[nH]c2c(F)cccc2c1CC(=O)Nc1ccc2nc(C(C)O)[nH]c2c1. The zero-order chi connectivity index (χ0) is 19.1. The standard InChI is InChI=1S/C20H19FN4O2/c1-10-14(13-4-3-5-15(21)19(13)22-10)9-18(27)23-12-6-7-16-17(8-12)25-20(24-16)11(2)26/h3-8,11,22,26H,9H2,1-2H3,(H,23,27)(H,24,25). The lowest BCUT2D eigenvalue weighted by Gasteiger charge is -2.06. The number of halogens is 1. The van der Waals surface area contributed by atoms with Crippen molar-refractivity contribution in [3.63, 3.8) is 0 Å². The Hall–Kier alpha value is -3.19. The van der Waals surface area contributed by atoms with Gasteiger partial charge in [0.15, 0.2) is 0 Å². The number of amides is 1. The van der Waals surface area contributed by atoms with Crippen LogP contribution < -0.4 is 5.32 Å². The summed E-state index contributed by atoms with van der Waals surface area (Å²) in [5.41, 5.74) is 4.04. The number of aryl methyl sites for hydroxylation is 1. The molecule has 4 aromatic rings. The van der Waals surface area contributed by atoms with Crippen LogP contribution in [0.4, 0.5) is 10.1 Å². The highest BCUT2D eigenvalue weighted by Gasteiger charge is 2.15. The smallest absolute Gasteiger partial charge is 0.228 e. The highest BCUT2D eigenvalue weighted by molar-refractivity contribution is 5.97. The average molecular weight is 366 g/mol. The lowest BCUT2D eigenvalue weighted by atomic mass is 10.1. The molecule has 6 nitrogen and oxygen atoms in total. The number of nitrogens with zero attached hydrogens (tertiary/aromatic N) is 1. The van der Waals surface area contributed by atoms with Crippen LogP contribution in [-0.2, 0) is 11.2 Å². The number of carbonyl (C=O) groups excluding carboxylic acids is 1. The number of aromatic amines is 2. The molecule has 0 spiro atoms. The third-order valence-corrected chi connectivity index (χ3v) is 4.62. The van der Waals surface area contributed by atoms with E-state index in [0.29, 0.717) is 27.9 Å². The zero-order valence-corrected chi connectivity index (χ0v) is 14.9. The van der Waals surface area contributed by atoms with Gasteiger partial charge in [0, 0.05) is 16.8 Å². The molecule has 0 aliphatic carbocycles. The molecule has 138 valence electrons. The van der Waals surface area contributed by atoms with E-state index in [1.807, 2.05) is 6.92 Å². The molecular formula is C20H19FN4O2. The second-order valence-corrected chi connectivity index (χ2v) is 6.65. The highest BCUT2D eigenvalue weighted by Crippen LogP contribution is 2.25. The minimum Gasteiger partial charge on any atom is -0.385 e. The van der Waals surface area contributed by atoms with Crippen LogP contribution in [0.25, 0.3) is 21.9 Å². The Kier molecular flexibility index (Phi) is 4.16. The number of para-hydroxylation sites is 1. The number of hydrogen-bond acceptors (Lipinski definition) is 3. The highest BCUT2D eigenvalue weighted by atomic mass is 19.1. The third-order valence-electron chi connectivity index (χ3n) is 4.62. The molecule has 0 fully saturated rings. The molecule has 0 saturated heterocycles. The molecule has 1 amide bonds. The second-order valence-electron chi connectivity index (χ2n) is 6.65. The van der Waals surface area contributed by atoms with Crippen LogP contribution in [0.15, 0.2) is 36.4 Å². The Morgan fingerprint density at radius 1 is 1.30 bits per heavy atom. The van der Waals surface area contributed by atoms with Crippen LogP contribution in [0.2, 0.25) is 0 Å². The van der Waals surface area contributed by atoms with Crippen molar-refractivity contribution in [2.24, 2.45) is 0 Å². The van der Waals surface area contributed by atoms with E-state index in [9.17, 15) is 14.3 Å². The van der Waals surface area contributed by atoms with Gasteiger partial charge in [0.1, 0.15) is 17.7 Å². The van der Waals surface area contributed by atoms with Crippen molar-refractivity contribution in [1.82, 2.24) is 15.0 Å². The number of aromatic nitrogens is 3. The van der Waals surface area contributed by atoms with Gasteiger partial charge >= 0.3 is 0 Å². The summed E-state index contributed by atoms with van der Waals surface area (Å²) in [6, 6.07) is 10.1. The van der Waals surface area contributed by atoms with E-state index in [4.69, 9.17) is 0 Å². The van der Waals surface area contributed by atoms with Crippen molar-refractivity contribution in [3.8, 4) is 0 Å². The minimum absolute atomic E-state index is 0.134. The van der Waals surface area contributed by atoms with E-state index >= 15 is 0 Å². The topological polar surface area (TPSA) is 93.8 Å². The summed E-state index contributed by atoms with van der Waals surface area (Å²) in [6.07, 6.45) is -0.560. The summed E-state index contributed by atoms with van der Waals surface area (Å²) in [5, 5.41) is 13.2. The van der Waals surface area contributed by atoms with E-state index in [1.165, 1.54) is 6.07 Å². The minimum atomic E-state index is -0.694. The first-order valence-corrected chi connectivity index (χ1v) is 8.65. The fourth-order valence-corrected chi connectivity index (χ4v) is 3.27. The lowest BCUT2D eigenvalue weighted by molar-refractivity contribution is -0.115. The molecule has 4 rings (SSSR count). The molecule has 1 unspecified atom stereocenters. The first kappa shape index (κ1) is 17.2. The molecule has 27 heavy (non-hydrogen) atoms. The fraction of sp³-hybridized carbons (Fsp3) is 0.200. The van der Waals surface area contributed by atoms with Crippen molar-refractivity contribution in [1.29, 1.82) is 0 Å². The number of anilines is 1. The molecule has 0 aliphatic rings. The summed E-state index contributed by atoms with van der Waals surface area (Å²) in [6.45, 7) is 3.46. The van der Waals surface area contributed by atoms with Gasteiger partial charge in [-0.1, -0.05) is 12.1 Å². The molecule has 1 atom stereocenters. The first-order chi connectivity index (χ1) is 12.9. The molecule has 0 radical (unpaired) electrons. The Balaban J connectivity index is 1.57. The predicted octanol–water partition coefficient (Wildman–Crippen LogP) is 3.73. The molecule has 0 saturated carbocycles. The number of benzene rings is 2. The Bertz CT molecular complexity index is 1160. The maximum Gasteiger partial charge on any atom is 0.228 e. The van der Waals surface area contributed by atoms with Gasteiger partial charge in [0.05, 0.1) is 23.0 Å². The number of nitrogens with one attached hydrogen (secondary N) is 3. The number of H-pyrrole nitrogens is 2. The lowest BCUT2D eigenvalue weighted by Crippen LogP contribution is -2.14. The number of carbonyl (C=O) groups is 1. The van der Waals surface area contributed by atoms with Crippen LogP contribution >= 0.6 is 0 Å². The summed E-state index contributed by atoms with van der Waals surface area (Å²) in [4.78, 5) is 22.9. The normalized spacial score (nSPS) is 12.6. The van der Waals surface area contributed by atoms with Crippen molar-refractivity contribution in [2.75, 3.05) is 5.32 Å². The van der Waals surface area contributed by atoms with Crippen LogP contribution in [0.5, 0.6) is 0 Å². The van der Waals surface area contributed by atoms with Crippen molar-refractivity contribution < 1.29 is 14.3 Å². The number of aliphatic hydroxyl groups excluding tert-OH is 1. The number of fused-ring (bicyclic) bond motifs is 2. The molecular weight excluding hydrogens is 347 g/mol. The fourth-order valence-electron chi connectivity index (χ4n) is 3.27. The summed E-state index contributed by atoms with van der Waals surface area (Å²) >= 11 is 0. The quantitative estimate of drug-likeness (QED) is 0.443. The van der Waals surface area contributed by atoms with Gasteiger partial charge in [-0.15, -0.1) is 0 Å². The van der Waals surface area contributed by atoms with Crippen LogP contribution in [0.1, 0.15) is 30.1 Å². The van der Waals surface area contributed by atoms with Gasteiger partial charge in [0.2, 0.25) is 5.91 Å². The van der Waals surface area contributed by atoms with Crippen LogP contribution in [-0.4, -0.2) is 26.0 Å². The summed E-state index contributed by atoms with van der Waals surface area (Å²) < 4.78 is 13.9. The maximum atomic E-state index is 13.9. The van der Waals surface area contributed by atoms with Crippen LogP contribution in [0.3, 0.4) is 0 Å². The van der Waals surface area contributed by atoms with Gasteiger partial charge in [-0.05, 0) is 43.7 Å². The third kappa shape index (κ3) is 3.17. The van der Waals surface area contributed by atoms with Gasteiger partial charge in [-0.3, -0.25) is 4.79 Å². The number of aliphatic hydroxyl groups is 1. The van der Waals surface area contributed by atoms with Crippen LogP contribution in [0, 0.1) is 12.7 Å². The van der Waals surface area contributed by atoms with Gasteiger partial charge in [-0.25, -0.2) is 9.37 Å². The Labute approximate surface area is 154 Å². The largest absolute Gasteiger partial charge is 0.385 e. The number of rotatable bonds is 4. The Morgan fingerprint density at radius 3 is 2.89 bits per heavy atom. The zero-order valence-electron chi connectivity index (χ0n) is 14.9. The summed E-state index contributed by atoms with van der Waals surface area (Å²) in [7, 11) is 0. The molecule has 4 N–H and O–H groups in total. The van der Waals surface area contributed by atoms with Gasteiger partial charge in [0.25, 0.3) is 0 Å². The molecule has 7 heteroatoms. The molecule has 0 aliphatic heterocycles. The van der Waals surface area contributed by atoms with E-state index in [1.54, 1.807) is 37.3 Å². The second kappa shape index (κ2) is 6.51. The Morgan fingerprint density at radius 2 is 2.11 bits per heavy atom. The van der Waals surface area contributed by atoms with Gasteiger partial charge in [-0.2, -0.15) is 0 Å². The monoisotopic (exact) mass is 366 g/mol. The van der Waals surface area contributed by atoms with Crippen molar-refractivity contribution in [2.45, 2.75) is 26.4 Å². The van der Waals surface area contributed by atoms with Gasteiger partial charge < -0.3 is 20.4 Å². The summed E-state index contributed by atoms with van der Waals surface area (Å²) in [5.74, 6) is -0.0522. The molecule has 0 bridgehead atoms.